The molecule has 2 rings (SSSR count). The average Bonchev–Trinajstić information content (AvgIpc) is 3.02. The monoisotopic (exact) mass is 198 g/mol. The Kier molecular flexibility index (Phi) is 2.13. The number of aryl methyl sites for hydroxylation is 1. The van der Waals surface area contributed by atoms with Gasteiger partial charge in [-0.3, -0.25) is 4.98 Å². The van der Waals surface area contributed by atoms with Crippen LogP contribution in [-0.2, 0) is 6.42 Å². The Balaban J connectivity index is 2.29. The molecule has 15 heavy (non-hydrogen) atoms. The highest BCUT2D eigenvalue weighted by Crippen LogP contribution is 2.47. The Morgan fingerprint density at radius 2 is 2.20 bits per heavy atom. The number of aromatic nitrogens is 2. The molecular formula is C11H10N4. The molecular weight excluding hydrogens is 188 g/mol. The highest BCUT2D eigenvalue weighted by Gasteiger charge is 2.43. The quantitative estimate of drug-likeness (QED) is 0.721. The molecule has 1 aromatic heterocycles. The zero-order valence-corrected chi connectivity index (χ0v) is 8.49. The van der Waals surface area contributed by atoms with Gasteiger partial charge in [-0.05, 0) is 19.8 Å². The molecule has 0 unspecified atom stereocenters. The minimum Gasteiger partial charge on any atom is -0.257 e. The lowest BCUT2D eigenvalue weighted by Crippen LogP contribution is -2.07. The summed E-state index contributed by atoms with van der Waals surface area (Å²) in [6.45, 7) is 1.86. The summed E-state index contributed by atoms with van der Waals surface area (Å²) in [7, 11) is 0. The normalized spacial score (nSPS) is 16.5. The van der Waals surface area contributed by atoms with Crippen LogP contribution in [0.1, 0.15) is 29.9 Å². The van der Waals surface area contributed by atoms with E-state index in [1.54, 1.807) is 0 Å². The van der Waals surface area contributed by atoms with Gasteiger partial charge in [-0.25, -0.2) is 4.98 Å². The number of hydrogen-bond acceptors (Lipinski definition) is 4. The molecule has 1 aliphatic carbocycles. The van der Waals surface area contributed by atoms with E-state index < -0.39 is 0 Å². The van der Waals surface area contributed by atoms with Gasteiger partial charge in [0.15, 0.2) is 5.69 Å². The second-order valence-electron chi connectivity index (χ2n) is 3.97. The van der Waals surface area contributed by atoms with E-state index in [1.807, 2.05) is 13.0 Å². The van der Waals surface area contributed by atoms with E-state index in [1.165, 1.54) is 6.20 Å². The largest absolute Gasteiger partial charge is 0.257 e. The van der Waals surface area contributed by atoms with Crippen molar-refractivity contribution >= 4 is 0 Å². The first-order chi connectivity index (χ1) is 7.19. The van der Waals surface area contributed by atoms with Gasteiger partial charge in [0, 0.05) is 6.42 Å². The van der Waals surface area contributed by atoms with Crippen LogP contribution in [-0.4, -0.2) is 9.97 Å². The molecule has 1 heterocycles. The van der Waals surface area contributed by atoms with Crippen LogP contribution < -0.4 is 0 Å². The minimum absolute atomic E-state index is 0.229. The van der Waals surface area contributed by atoms with Crippen LogP contribution in [0, 0.1) is 35.0 Å². The first-order valence-corrected chi connectivity index (χ1v) is 4.83. The Labute approximate surface area is 88.2 Å². The molecule has 1 aliphatic rings. The maximum atomic E-state index is 8.97. The van der Waals surface area contributed by atoms with Crippen molar-refractivity contribution in [3.05, 3.63) is 23.3 Å². The van der Waals surface area contributed by atoms with Gasteiger partial charge >= 0.3 is 0 Å². The highest BCUT2D eigenvalue weighted by molar-refractivity contribution is 5.25. The molecule has 74 valence electrons. The second-order valence-corrected chi connectivity index (χ2v) is 3.97. The smallest absolute Gasteiger partial charge is 0.159 e. The molecule has 0 aliphatic heterocycles. The number of hydrogen-bond donors (Lipinski definition) is 0. The first kappa shape index (κ1) is 9.61. The van der Waals surface area contributed by atoms with Crippen LogP contribution in [0.5, 0.6) is 0 Å². The van der Waals surface area contributed by atoms with Gasteiger partial charge in [0.1, 0.15) is 6.07 Å². The van der Waals surface area contributed by atoms with Crippen molar-refractivity contribution < 1.29 is 0 Å². The third-order valence-corrected chi connectivity index (χ3v) is 2.76. The van der Waals surface area contributed by atoms with Gasteiger partial charge in [-0.15, -0.1) is 0 Å². The van der Waals surface area contributed by atoms with Gasteiger partial charge < -0.3 is 0 Å². The molecule has 0 N–H and O–H groups in total. The van der Waals surface area contributed by atoms with Crippen LogP contribution in [0.2, 0.25) is 0 Å². The van der Waals surface area contributed by atoms with Gasteiger partial charge in [0.25, 0.3) is 0 Å². The van der Waals surface area contributed by atoms with Crippen molar-refractivity contribution in [2.24, 2.45) is 5.41 Å². The van der Waals surface area contributed by atoms with Crippen LogP contribution >= 0.6 is 0 Å². The maximum Gasteiger partial charge on any atom is 0.159 e. The number of nitriles is 2. The van der Waals surface area contributed by atoms with Crippen molar-refractivity contribution in [3.63, 3.8) is 0 Å². The molecule has 4 nitrogen and oxygen atoms in total. The van der Waals surface area contributed by atoms with Crippen molar-refractivity contribution in [3.8, 4) is 12.1 Å². The molecule has 1 aromatic rings. The molecule has 1 saturated carbocycles. The summed E-state index contributed by atoms with van der Waals surface area (Å²) in [5.74, 6) is 0. The summed E-state index contributed by atoms with van der Waals surface area (Å²) in [6.07, 6.45) is 3.95. The molecule has 0 spiro atoms. The molecule has 0 bridgehead atoms. The van der Waals surface area contributed by atoms with Gasteiger partial charge in [-0.2, -0.15) is 10.5 Å². The van der Waals surface area contributed by atoms with Crippen LogP contribution in [0.4, 0.5) is 0 Å². The summed E-state index contributed by atoms with van der Waals surface area (Å²) in [6, 6.07) is 4.28. The third kappa shape index (κ3) is 1.80. The Bertz CT molecular complexity index is 474. The summed E-state index contributed by atoms with van der Waals surface area (Å²) in [5.41, 5.74) is 1.70. The molecule has 1 fully saturated rings. The molecule has 0 saturated heterocycles. The number of rotatable bonds is 2. The lowest BCUT2D eigenvalue weighted by Gasteiger charge is -2.07. The highest BCUT2D eigenvalue weighted by atomic mass is 14.8. The van der Waals surface area contributed by atoms with E-state index >= 15 is 0 Å². The van der Waals surface area contributed by atoms with E-state index in [2.05, 4.69) is 16.0 Å². The lowest BCUT2D eigenvalue weighted by molar-refractivity contribution is 0.643. The molecule has 0 radical (unpaired) electrons. The van der Waals surface area contributed by atoms with E-state index in [-0.39, 0.29) is 5.41 Å². The van der Waals surface area contributed by atoms with Crippen molar-refractivity contribution in [1.29, 1.82) is 10.5 Å². The van der Waals surface area contributed by atoms with Crippen molar-refractivity contribution in [2.75, 3.05) is 0 Å². The predicted octanol–water partition coefficient (Wildman–Crippen LogP) is 1.50. The Morgan fingerprint density at radius 1 is 1.47 bits per heavy atom. The van der Waals surface area contributed by atoms with Crippen LogP contribution in [0.15, 0.2) is 6.20 Å². The Hall–Kier alpha value is -1.94. The first-order valence-electron chi connectivity index (χ1n) is 4.83. The van der Waals surface area contributed by atoms with Crippen LogP contribution in [0.25, 0.3) is 0 Å². The standard InChI is InChI=1S/C11H10N4/c1-8-10(4-11(7-13)2-3-11)15-9(5-12)6-14-8/h6H,2-4H2,1H3. The fourth-order valence-electron chi connectivity index (χ4n) is 1.51. The molecule has 0 aromatic carbocycles. The molecule has 0 amide bonds. The second kappa shape index (κ2) is 3.33. The fourth-order valence-corrected chi connectivity index (χ4v) is 1.51. The summed E-state index contributed by atoms with van der Waals surface area (Å²) < 4.78 is 0. The average molecular weight is 198 g/mol. The van der Waals surface area contributed by atoms with E-state index in [4.69, 9.17) is 10.5 Å². The third-order valence-electron chi connectivity index (χ3n) is 2.76. The van der Waals surface area contributed by atoms with Gasteiger partial charge in [0.05, 0.1) is 29.1 Å². The Morgan fingerprint density at radius 3 is 2.73 bits per heavy atom. The molecule has 0 atom stereocenters. The minimum atomic E-state index is -0.229. The van der Waals surface area contributed by atoms with Gasteiger partial charge in [-0.1, -0.05) is 0 Å². The molecule has 4 heteroatoms. The zero-order chi connectivity index (χ0) is 10.9. The van der Waals surface area contributed by atoms with E-state index in [9.17, 15) is 0 Å². The van der Waals surface area contributed by atoms with Crippen LogP contribution in [0.3, 0.4) is 0 Å². The van der Waals surface area contributed by atoms with Crippen molar-refractivity contribution in [2.45, 2.75) is 26.2 Å². The van der Waals surface area contributed by atoms with Crippen molar-refractivity contribution in [1.82, 2.24) is 9.97 Å². The fraction of sp³-hybridized carbons (Fsp3) is 0.455. The maximum absolute atomic E-state index is 8.97. The van der Waals surface area contributed by atoms with Gasteiger partial charge in [0.2, 0.25) is 0 Å². The topological polar surface area (TPSA) is 73.4 Å². The summed E-state index contributed by atoms with van der Waals surface area (Å²) >= 11 is 0. The zero-order valence-electron chi connectivity index (χ0n) is 8.49. The van der Waals surface area contributed by atoms with E-state index in [0.29, 0.717) is 12.1 Å². The summed E-state index contributed by atoms with van der Waals surface area (Å²) in [5, 5.41) is 17.7. The predicted molar refractivity (Wildman–Crippen MR) is 52.5 cm³/mol. The lowest BCUT2D eigenvalue weighted by atomic mass is 10.0. The number of nitrogens with zero attached hydrogens (tertiary/aromatic N) is 4. The van der Waals surface area contributed by atoms with E-state index in [0.717, 1.165) is 24.2 Å². The summed E-state index contributed by atoms with van der Waals surface area (Å²) in [4.78, 5) is 8.29. The SMILES string of the molecule is Cc1ncc(C#N)nc1CC1(C#N)CC1.